The van der Waals surface area contributed by atoms with Crippen LogP contribution in [0.4, 0.5) is 0 Å². The van der Waals surface area contributed by atoms with Crippen molar-refractivity contribution in [3.8, 4) is 0 Å². The summed E-state index contributed by atoms with van der Waals surface area (Å²) in [5.41, 5.74) is 7.61. The van der Waals surface area contributed by atoms with Crippen molar-refractivity contribution in [2.75, 3.05) is 13.1 Å². The van der Waals surface area contributed by atoms with Gasteiger partial charge in [-0.05, 0) is 6.42 Å². The van der Waals surface area contributed by atoms with Gasteiger partial charge in [-0.3, -0.25) is 0 Å². The second kappa shape index (κ2) is 5.17. The molecule has 0 radical (unpaired) electrons. The first-order valence-corrected chi connectivity index (χ1v) is 5.37. The first kappa shape index (κ1) is 10.4. The first-order valence-electron chi connectivity index (χ1n) is 4.57. The lowest BCUT2D eigenvalue weighted by Crippen LogP contribution is -2.28. The monoisotopic (exact) mass is 245 g/mol. The van der Waals surface area contributed by atoms with Gasteiger partial charge in [0.25, 0.3) is 0 Å². The number of dihydropyridines is 1. The molecule has 0 aromatic carbocycles. The molecule has 0 aromatic heterocycles. The maximum atomic E-state index is 5.80. The Morgan fingerprint density at radius 3 is 3.08 bits per heavy atom. The van der Waals surface area contributed by atoms with Gasteiger partial charge in [0.05, 0.1) is 11.4 Å². The molecule has 0 aromatic rings. The minimum Gasteiger partial charge on any atom is -0.396 e. The number of rotatable bonds is 4. The van der Waals surface area contributed by atoms with E-state index in [0.717, 1.165) is 29.0 Å². The van der Waals surface area contributed by atoms with E-state index in [1.54, 1.807) is 0 Å². The van der Waals surface area contributed by atoms with Gasteiger partial charge >= 0.3 is 0 Å². The molecule has 4 heteroatoms. The lowest BCUT2D eigenvalue weighted by molar-refractivity contribution is 0.702. The molecule has 0 saturated heterocycles. The van der Waals surface area contributed by atoms with Crippen molar-refractivity contribution in [3.05, 3.63) is 22.1 Å². The summed E-state index contributed by atoms with van der Waals surface area (Å²) in [5.74, 6) is 0. The molecule has 0 fully saturated rings. The van der Waals surface area contributed by atoms with Gasteiger partial charge < -0.3 is 16.4 Å². The Balaban J connectivity index is 2.50. The Bertz CT molecular complexity index is 233. The fourth-order valence-electron chi connectivity index (χ4n) is 1.16. The molecule has 1 aliphatic rings. The van der Waals surface area contributed by atoms with E-state index < -0.39 is 0 Å². The minimum atomic E-state index is 0.772. The number of hydrogen-bond donors (Lipinski definition) is 3. The predicted molar refractivity (Wildman–Crippen MR) is 59.1 cm³/mol. The summed E-state index contributed by atoms with van der Waals surface area (Å²) in [6.07, 6.45) is 4.20. The average molecular weight is 246 g/mol. The van der Waals surface area contributed by atoms with Gasteiger partial charge in [-0.15, -0.1) is 0 Å². The van der Waals surface area contributed by atoms with Gasteiger partial charge in [-0.1, -0.05) is 29.3 Å². The molecule has 4 N–H and O–H groups in total. The van der Waals surface area contributed by atoms with Crippen molar-refractivity contribution in [2.24, 2.45) is 5.73 Å². The van der Waals surface area contributed by atoms with Crippen LogP contribution in [0.3, 0.4) is 0 Å². The van der Waals surface area contributed by atoms with E-state index in [4.69, 9.17) is 5.73 Å². The third kappa shape index (κ3) is 2.95. The van der Waals surface area contributed by atoms with Gasteiger partial charge in [0, 0.05) is 23.8 Å². The highest BCUT2D eigenvalue weighted by Crippen LogP contribution is 2.16. The van der Waals surface area contributed by atoms with E-state index in [0.29, 0.717) is 0 Å². The molecule has 74 valence electrons. The van der Waals surface area contributed by atoms with Crippen molar-refractivity contribution < 1.29 is 0 Å². The predicted octanol–water partition coefficient (Wildman–Crippen LogP) is 1.39. The molecule has 0 saturated carbocycles. The molecule has 13 heavy (non-hydrogen) atoms. The number of nitrogens with two attached hydrogens (primary N) is 1. The maximum absolute atomic E-state index is 5.80. The number of unbranched alkanes of at least 4 members (excludes halogenated alkanes) is 1. The molecule has 0 bridgehead atoms. The van der Waals surface area contributed by atoms with Crippen LogP contribution in [0, 0.1) is 0 Å². The molecule has 1 aliphatic heterocycles. The molecular weight excluding hydrogens is 230 g/mol. The summed E-state index contributed by atoms with van der Waals surface area (Å²) >= 11 is 3.48. The normalized spacial score (nSPS) is 16.6. The zero-order valence-corrected chi connectivity index (χ0v) is 9.45. The fourth-order valence-corrected chi connectivity index (χ4v) is 1.69. The average Bonchev–Trinajstić information content (AvgIpc) is 2.10. The summed E-state index contributed by atoms with van der Waals surface area (Å²) in [4.78, 5) is 0. The Kier molecular flexibility index (Phi) is 4.15. The van der Waals surface area contributed by atoms with E-state index in [9.17, 15) is 0 Å². The van der Waals surface area contributed by atoms with Crippen LogP contribution in [0.2, 0.25) is 0 Å². The molecule has 1 heterocycles. The van der Waals surface area contributed by atoms with Crippen LogP contribution in [0.5, 0.6) is 0 Å². The van der Waals surface area contributed by atoms with E-state index >= 15 is 0 Å². The fraction of sp³-hybridized carbons (Fsp3) is 0.556. The molecular formula is C9H16BrN3. The molecule has 0 spiro atoms. The Labute approximate surface area is 87.6 Å². The molecule has 0 unspecified atom stereocenters. The first-order chi connectivity index (χ1) is 6.25. The van der Waals surface area contributed by atoms with Crippen LogP contribution >= 0.6 is 15.9 Å². The van der Waals surface area contributed by atoms with Crippen LogP contribution in [0.15, 0.2) is 22.1 Å². The largest absolute Gasteiger partial charge is 0.396 e. The second-order valence-electron chi connectivity index (χ2n) is 3.04. The van der Waals surface area contributed by atoms with Crippen LogP contribution in [-0.2, 0) is 0 Å². The summed E-state index contributed by atoms with van der Waals surface area (Å²) in [7, 11) is 0. The van der Waals surface area contributed by atoms with Crippen molar-refractivity contribution in [1.82, 2.24) is 10.6 Å². The van der Waals surface area contributed by atoms with Crippen LogP contribution in [-0.4, -0.2) is 13.1 Å². The van der Waals surface area contributed by atoms with Crippen LogP contribution in [0.1, 0.15) is 19.8 Å². The van der Waals surface area contributed by atoms with Gasteiger partial charge in [-0.2, -0.15) is 0 Å². The molecule has 1 rings (SSSR count). The van der Waals surface area contributed by atoms with Crippen molar-refractivity contribution in [1.29, 1.82) is 0 Å². The highest BCUT2D eigenvalue weighted by Gasteiger charge is 2.10. The summed E-state index contributed by atoms with van der Waals surface area (Å²) in [6.45, 7) is 3.97. The summed E-state index contributed by atoms with van der Waals surface area (Å²) in [6, 6.07) is 0. The SMILES string of the molecule is CCCCNC1=C(Br)CNC=C1N. The smallest absolute Gasteiger partial charge is 0.0718 e. The number of nitrogens with one attached hydrogen (secondary N) is 2. The van der Waals surface area contributed by atoms with Crippen molar-refractivity contribution in [3.63, 3.8) is 0 Å². The van der Waals surface area contributed by atoms with Gasteiger partial charge in [0.1, 0.15) is 0 Å². The van der Waals surface area contributed by atoms with E-state index in [-0.39, 0.29) is 0 Å². The highest BCUT2D eigenvalue weighted by molar-refractivity contribution is 9.11. The number of hydrogen-bond acceptors (Lipinski definition) is 3. The molecule has 0 atom stereocenters. The Morgan fingerprint density at radius 1 is 1.69 bits per heavy atom. The Morgan fingerprint density at radius 2 is 2.46 bits per heavy atom. The van der Waals surface area contributed by atoms with E-state index in [2.05, 4.69) is 33.5 Å². The second-order valence-corrected chi connectivity index (χ2v) is 4.00. The third-order valence-corrected chi connectivity index (χ3v) is 2.58. The van der Waals surface area contributed by atoms with Crippen LogP contribution < -0.4 is 16.4 Å². The minimum absolute atomic E-state index is 0.772. The van der Waals surface area contributed by atoms with Gasteiger partial charge in [-0.25, -0.2) is 0 Å². The van der Waals surface area contributed by atoms with E-state index in [1.165, 1.54) is 12.8 Å². The standard InChI is InChI=1S/C9H16BrN3/c1-2-3-4-13-9-7(10)5-12-6-8(9)11/h6,12-13H,2-5,11H2,1H3. The van der Waals surface area contributed by atoms with Gasteiger partial charge in [0.15, 0.2) is 0 Å². The van der Waals surface area contributed by atoms with Gasteiger partial charge in [0.2, 0.25) is 0 Å². The Hall–Kier alpha value is -0.640. The summed E-state index contributed by atoms with van der Waals surface area (Å²) < 4.78 is 1.10. The third-order valence-electron chi connectivity index (χ3n) is 1.91. The zero-order valence-electron chi connectivity index (χ0n) is 7.86. The molecule has 0 amide bonds. The quantitative estimate of drug-likeness (QED) is 0.657. The lowest BCUT2D eigenvalue weighted by atomic mass is 10.2. The van der Waals surface area contributed by atoms with Crippen molar-refractivity contribution in [2.45, 2.75) is 19.8 Å². The lowest BCUT2D eigenvalue weighted by Gasteiger charge is -2.18. The topological polar surface area (TPSA) is 50.1 Å². The van der Waals surface area contributed by atoms with Crippen LogP contribution in [0.25, 0.3) is 0 Å². The van der Waals surface area contributed by atoms with E-state index in [1.807, 2.05) is 6.20 Å². The van der Waals surface area contributed by atoms with Crippen molar-refractivity contribution >= 4 is 15.9 Å². The zero-order chi connectivity index (χ0) is 9.68. The highest BCUT2D eigenvalue weighted by atomic mass is 79.9. The maximum Gasteiger partial charge on any atom is 0.0718 e. The number of halogens is 1. The molecule has 3 nitrogen and oxygen atoms in total. The summed E-state index contributed by atoms with van der Waals surface area (Å²) in [5, 5.41) is 6.39. The molecule has 0 aliphatic carbocycles.